The highest BCUT2D eigenvalue weighted by molar-refractivity contribution is 7.20. The molecular weight excluding hydrogens is 414 g/mol. The van der Waals surface area contributed by atoms with Crippen molar-refractivity contribution in [1.82, 2.24) is 24.5 Å². The van der Waals surface area contributed by atoms with Crippen molar-refractivity contribution in [2.75, 3.05) is 0 Å². The molecule has 0 aliphatic heterocycles. The molecule has 0 radical (unpaired) electrons. The fourth-order valence-electron chi connectivity index (χ4n) is 3.07. The molecule has 0 bridgehead atoms. The van der Waals surface area contributed by atoms with Crippen LogP contribution >= 0.6 is 34.3 Å². The lowest BCUT2D eigenvalue weighted by Gasteiger charge is -2.04. The zero-order valence-corrected chi connectivity index (χ0v) is 17.1. The quantitative estimate of drug-likeness (QED) is 0.452. The number of thiophene rings is 1. The summed E-state index contributed by atoms with van der Waals surface area (Å²) in [6.45, 7) is 2.32. The molecule has 5 aromatic rings. The van der Waals surface area contributed by atoms with E-state index in [1.807, 2.05) is 59.4 Å². The van der Waals surface area contributed by atoms with Crippen LogP contribution < -0.4 is 5.32 Å². The van der Waals surface area contributed by atoms with E-state index in [4.69, 9.17) is 11.6 Å². The van der Waals surface area contributed by atoms with Crippen LogP contribution in [0.5, 0.6) is 0 Å². The van der Waals surface area contributed by atoms with Crippen LogP contribution in [0.3, 0.4) is 0 Å². The van der Waals surface area contributed by atoms with Crippen LogP contribution in [-0.4, -0.2) is 25.1 Å². The number of hydrogen-bond donors (Lipinski definition) is 1. The largest absolute Gasteiger partial charge is 0.346 e. The molecule has 0 spiro atoms. The number of nitrogens with one attached hydrogen (secondary N) is 1. The van der Waals surface area contributed by atoms with E-state index >= 15 is 0 Å². The summed E-state index contributed by atoms with van der Waals surface area (Å²) in [6, 6.07) is 9.43. The van der Waals surface area contributed by atoms with E-state index in [2.05, 4.69) is 15.4 Å². The third-order valence-electron chi connectivity index (χ3n) is 4.42. The van der Waals surface area contributed by atoms with Crippen LogP contribution in [0.25, 0.3) is 20.9 Å². The van der Waals surface area contributed by atoms with E-state index in [-0.39, 0.29) is 5.91 Å². The molecule has 140 valence electrons. The molecule has 0 fully saturated rings. The van der Waals surface area contributed by atoms with Gasteiger partial charge in [-0.15, -0.1) is 22.7 Å². The predicted octanol–water partition coefficient (Wildman–Crippen LogP) is 4.69. The minimum absolute atomic E-state index is 0.123. The smallest absolute Gasteiger partial charge is 0.261 e. The maximum absolute atomic E-state index is 12.7. The van der Waals surface area contributed by atoms with Crippen LogP contribution in [0.4, 0.5) is 0 Å². The summed E-state index contributed by atoms with van der Waals surface area (Å²) in [5, 5.41) is 11.1. The van der Waals surface area contributed by atoms with Crippen LogP contribution in [0, 0.1) is 6.92 Å². The molecule has 1 N–H and O–H groups in total. The molecule has 9 heteroatoms. The van der Waals surface area contributed by atoms with Crippen LogP contribution in [0.15, 0.2) is 48.1 Å². The van der Waals surface area contributed by atoms with Crippen molar-refractivity contribution in [3.05, 3.63) is 69.4 Å². The molecule has 0 atom stereocenters. The summed E-state index contributed by atoms with van der Waals surface area (Å²) in [4.78, 5) is 19.6. The minimum atomic E-state index is -0.123. The zero-order valence-electron chi connectivity index (χ0n) is 14.7. The van der Waals surface area contributed by atoms with Gasteiger partial charge in [-0.25, -0.2) is 9.67 Å². The number of fused-ring (bicyclic) bond motifs is 2. The number of aryl methyl sites for hydroxylation is 1. The van der Waals surface area contributed by atoms with E-state index < -0.39 is 0 Å². The highest BCUT2D eigenvalue weighted by Crippen LogP contribution is 2.32. The number of halogens is 1. The van der Waals surface area contributed by atoms with Gasteiger partial charge < -0.3 is 5.32 Å². The van der Waals surface area contributed by atoms with Gasteiger partial charge in [0.1, 0.15) is 4.83 Å². The average molecular weight is 428 g/mol. The second-order valence-electron chi connectivity index (χ2n) is 6.29. The fraction of sp³-hybridized carbons (Fsp3) is 0.105. The Balaban J connectivity index is 1.43. The van der Waals surface area contributed by atoms with Crippen molar-refractivity contribution < 1.29 is 4.79 Å². The Hall–Kier alpha value is -2.68. The molecule has 1 amide bonds. The molecule has 0 saturated carbocycles. The molecule has 28 heavy (non-hydrogen) atoms. The number of benzene rings is 1. The van der Waals surface area contributed by atoms with E-state index in [1.165, 1.54) is 11.3 Å². The van der Waals surface area contributed by atoms with Crippen molar-refractivity contribution in [2.45, 2.75) is 13.5 Å². The Morgan fingerprint density at radius 2 is 2.18 bits per heavy atom. The van der Waals surface area contributed by atoms with Gasteiger partial charge in [-0.1, -0.05) is 23.7 Å². The number of aromatic nitrogens is 4. The van der Waals surface area contributed by atoms with Crippen molar-refractivity contribution in [3.8, 4) is 5.69 Å². The van der Waals surface area contributed by atoms with E-state index in [9.17, 15) is 4.79 Å². The Labute approximate surface area is 173 Å². The van der Waals surface area contributed by atoms with Crippen molar-refractivity contribution in [2.24, 2.45) is 0 Å². The topological polar surface area (TPSA) is 64.2 Å². The summed E-state index contributed by atoms with van der Waals surface area (Å²) >= 11 is 9.31. The lowest BCUT2D eigenvalue weighted by molar-refractivity contribution is 0.0954. The first-order valence-corrected chi connectivity index (χ1v) is 10.6. The zero-order chi connectivity index (χ0) is 19.3. The number of thiazole rings is 1. The lowest BCUT2D eigenvalue weighted by Crippen LogP contribution is -2.21. The monoisotopic (exact) mass is 427 g/mol. The number of carbonyl (C=O) groups is 1. The first-order chi connectivity index (χ1) is 13.6. The van der Waals surface area contributed by atoms with Gasteiger partial charge in [-0.2, -0.15) is 5.10 Å². The third kappa shape index (κ3) is 2.90. The molecule has 5 rings (SSSR count). The van der Waals surface area contributed by atoms with Crippen molar-refractivity contribution in [3.63, 3.8) is 0 Å². The number of rotatable bonds is 4. The highest BCUT2D eigenvalue weighted by atomic mass is 35.5. The summed E-state index contributed by atoms with van der Waals surface area (Å²) in [7, 11) is 0. The first-order valence-electron chi connectivity index (χ1n) is 8.53. The van der Waals surface area contributed by atoms with Gasteiger partial charge in [0.25, 0.3) is 5.91 Å². The normalized spacial score (nSPS) is 11.5. The second kappa shape index (κ2) is 6.73. The summed E-state index contributed by atoms with van der Waals surface area (Å²) in [6.07, 6.45) is 3.88. The molecule has 0 aliphatic carbocycles. The van der Waals surface area contributed by atoms with Gasteiger partial charge in [-0.05, 0) is 25.1 Å². The number of hydrogen-bond acceptors (Lipinski definition) is 5. The van der Waals surface area contributed by atoms with Gasteiger partial charge in [0.2, 0.25) is 0 Å². The number of nitrogens with zero attached hydrogens (tertiary/aromatic N) is 4. The molecular formula is C19H14ClN5OS2. The van der Waals surface area contributed by atoms with Crippen LogP contribution in [0.2, 0.25) is 5.02 Å². The molecule has 4 heterocycles. The van der Waals surface area contributed by atoms with Crippen LogP contribution in [-0.2, 0) is 6.54 Å². The molecule has 0 aliphatic rings. The Morgan fingerprint density at radius 1 is 1.32 bits per heavy atom. The number of amides is 1. The van der Waals surface area contributed by atoms with Gasteiger partial charge in [0.05, 0.1) is 33.5 Å². The fourth-order valence-corrected chi connectivity index (χ4v) is 5.09. The lowest BCUT2D eigenvalue weighted by atomic mass is 10.3. The predicted molar refractivity (Wildman–Crippen MR) is 113 cm³/mol. The van der Waals surface area contributed by atoms with Gasteiger partial charge in [0.15, 0.2) is 4.96 Å². The van der Waals surface area contributed by atoms with Crippen LogP contribution in [0.1, 0.15) is 21.1 Å². The second-order valence-corrected chi connectivity index (χ2v) is 8.60. The Morgan fingerprint density at radius 3 is 3.00 bits per heavy atom. The summed E-state index contributed by atoms with van der Waals surface area (Å²) in [5.74, 6) is -0.123. The number of para-hydroxylation sites is 1. The first kappa shape index (κ1) is 17.4. The Kier molecular flexibility index (Phi) is 4.19. The molecule has 1 aromatic carbocycles. The molecule has 6 nitrogen and oxygen atoms in total. The SMILES string of the molecule is Cc1nn(-c2ccccc2Cl)c2sc(C(=O)NCc3cn4ccsc4n3)cc12. The maximum atomic E-state index is 12.7. The van der Waals surface area contributed by atoms with Gasteiger partial charge in [0, 0.05) is 23.2 Å². The Bertz CT molecular complexity index is 1300. The minimum Gasteiger partial charge on any atom is -0.346 e. The number of imidazole rings is 1. The average Bonchev–Trinajstić information content (AvgIpc) is 3.42. The third-order valence-corrected chi connectivity index (χ3v) is 6.62. The molecule has 4 aromatic heterocycles. The molecule has 0 unspecified atom stereocenters. The summed E-state index contributed by atoms with van der Waals surface area (Å²) < 4.78 is 3.76. The van der Waals surface area contributed by atoms with E-state index in [1.54, 1.807) is 16.0 Å². The number of carbonyl (C=O) groups excluding carboxylic acids is 1. The van der Waals surface area contributed by atoms with E-state index in [0.717, 1.165) is 32.3 Å². The van der Waals surface area contributed by atoms with Gasteiger partial charge in [-0.3, -0.25) is 9.20 Å². The van der Waals surface area contributed by atoms with Crippen molar-refractivity contribution in [1.29, 1.82) is 0 Å². The molecule has 0 saturated heterocycles. The standard InChI is InChI=1S/C19H14ClN5OS2/c1-11-13-8-16(17(26)21-9-12-10-24-6-7-27-19(24)22-12)28-18(13)25(23-11)15-5-3-2-4-14(15)20/h2-8,10H,9H2,1H3,(H,21,26). The maximum Gasteiger partial charge on any atom is 0.261 e. The van der Waals surface area contributed by atoms with Crippen molar-refractivity contribution >= 4 is 55.4 Å². The van der Waals surface area contributed by atoms with Gasteiger partial charge >= 0.3 is 0 Å². The highest BCUT2D eigenvalue weighted by Gasteiger charge is 2.18. The summed E-state index contributed by atoms with van der Waals surface area (Å²) in [5.41, 5.74) is 2.49. The van der Waals surface area contributed by atoms with E-state index in [0.29, 0.717) is 16.4 Å².